The van der Waals surface area contributed by atoms with E-state index < -0.39 is 17.7 Å². The van der Waals surface area contributed by atoms with Crippen molar-refractivity contribution in [1.82, 2.24) is 19.5 Å². The number of hydrogen-bond acceptors (Lipinski definition) is 8. The molecule has 0 aliphatic heterocycles. The van der Waals surface area contributed by atoms with Crippen LogP contribution in [-0.4, -0.2) is 59.9 Å². The molecule has 0 amide bonds. The number of anilines is 1. The lowest BCUT2D eigenvalue weighted by Gasteiger charge is -2.24. The highest BCUT2D eigenvalue weighted by atomic mass is 32.2. The average Bonchev–Trinajstić information content (AvgIpc) is 3.01. The summed E-state index contributed by atoms with van der Waals surface area (Å²) >= 11 is 1.38. The van der Waals surface area contributed by atoms with Gasteiger partial charge in [-0.2, -0.15) is 0 Å². The predicted octanol–water partition coefficient (Wildman–Crippen LogP) is -0.811. The maximum absolute atomic E-state index is 10.5. The zero-order chi connectivity index (χ0) is 15.6. The number of rotatable bonds is 3. The standard InChI is InChI=1S/C13H17N5O3S/c1-22-12-16-10(14)7-11(17-12)18(4-15-7)13-2-6(13)5(3-19)8(20)9(13)21/h4-6,8-9,19-21H,2-3H2,1H3,(H2,14,16,17). The zero-order valence-electron chi connectivity index (χ0n) is 11.9. The Morgan fingerprint density at radius 1 is 1.45 bits per heavy atom. The van der Waals surface area contributed by atoms with Crippen LogP contribution in [0.2, 0.25) is 0 Å². The van der Waals surface area contributed by atoms with Gasteiger partial charge in [0.25, 0.3) is 0 Å². The lowest BCUT2D eigenvalue weighted by atomic mass is 10.0. The molecule has 2 aliphatic rings. The number of hydrogen-bond donors (Lipinski definition) is 4. The van der Waals surface area contributed by atoms with Gasteiger partial charge in [-0.25, -0.2) is 15.0 Å². The van der Waals surface area contributed by atoms with Crippen molar-refractivity contribution in [2.24, 2.45) is 11.8 Å². The van der Waals surface area contributed by atoms with Crippen LogP contribution >= 0.6 is 11.8 Å². The summed E-state index contributed by atoms with van der Waals surface area (Å²) in [5, 5.41) is 30.6. The highest BCUT2D eigenvalue weighted by molar-refractivity contribution is 7.98. The van der Waals surface area contributed by atoms with Crippen molar-refractivity contribution < 1.29 is 15.3 Å². The molecule has 2 aromatic heterocycles. The number of imidazole rings is 1. The molecule has 2 aliphatic carbocycles. The number of aromatic nitrogens is 4. The normalized spacial score (nSPS) is 36.7. The average molecular weight is 323 g/mol. The van der Waals surface area contributed by atoms with Gasteiger partial charge in [-0.15, -0.1) is 0 Å². The fourth-order valence-corrected chi connectivity index (χ4v) is 4.24. The van der Waals surface area contributed by atoms with Gasteiger partial charge >= 0.3 is 0 Å². The van der Waals surface area contributed by atoms with Crippen molar-refractivity contribution in [2.45, 2.75) is 29.3 Å². The first kappa shape index (κ1) is 14.2. The van der Waals surface area contributed by atoms with E-state index in [2.05, 4.69) is 15.0 Å². The first-order valence-corrected chi connectivity index (χ1v) is 8.29. The Kier molecular flexibility index (Phi) is 2.93. The summed E-state index contributed by atoms with van der Waals surface area (Å²) in [7, 11) is 0. The quantitative estimate of drug-likeness (QED) is 0.426. The second-order valence-corrected chi connectivity index (χ2v) is 6.74. The van der Waals surface area contributed by atoms with E-state index >= 15 is 0 Å². The fourth-order valence-electron chi connectivity index (χ4n) is 3.88. The van der Waals surface area contributed by atoms with Crippen LogP contribution < -0.4 is 5.73 Å². The summed E-state index contributed by atoms with van der Waals surface area (Å²) in [5.41, 5.74) is 6.32. The van der Waals surface area contributed by atoms with Crippen LogP contribution in [0, 0.1) is 11.8 Å². The minimum absolute atomic E-state index is 0.00817. The molecule has 0 spiro atoms. The zero-order valence-corrected chi connectivity index (χ0v) is 12.7. The summed E-state index contributed by atoms with van der Waals surface area (Å²) in [6.07, 6.45) is 2.23. The van der Waals surface area contributed by atoms with Crippen molar-refractivity contribution in [1.29, 1.82) is 0 Å². The molecule has 2 fully saturated rings. The Hall–Kier alpha value is -1.42. The Morgan fingerprint density at radius 3 is 2.86 bits per heavy atom. The third-order valence-corrected chi connectivity index (χ3v) is 5.61. The van der Waals surface area contributed by atoms with Crippen LogP contribution in [0.4, 0.5) is 5.82 Å². The number of fused-ring (bicyclic) bond motifs is 2. The molecule has 5 unspecified atom stereocenters. The van der Waals surface area contributed by atoms with Crippen molar-refractivity contribution >= 4 is 28.7 Å². The van der Waals surface area contributed by atoms with Gasteiger partial charge in [0.15, 0.2) is 16.6 Å². The van der Waals surface area contributed by atoms with Crippen LogP contribution in [0.1, 0.15) is 6.42 Å². The molecule has 22 heavy (non-hydrogen) atoms. The van der Waals surface area contributed by atoms with E-state index in [0.29, 0.717) is 28.6 Å². The number of nitrogens with zero attached hydrogens (tertiary/aromatic N) is 4. The second kappa shape index (κ2) is 4.54. The predicted molar refractivity (Wildman–Crippen MR) is 80.2 cm³/mol. The highest BCUT2D eigenvalue weighted by Gasteiger charge is 2.72. The Bertz CT molecular complexity index is 753. The fraction of sp³-hybridized carbons (Fsp3) is 0.615. The summed E-state index contributed by atoms with van der Waals surface area (Å²) in [5.74, 6) is -0.0195. The smallest absolute Gasteiger partial charge is 0.191 e. The Labute approximate surface area is 130 Å². The summed E-state index contributed by atoms with van der Waals surface area (Å²) in [4.78, 5) is 12.9. The van der Waals surface area contributed by atoms with E-state index in [0.717, 1.165) is 0 Å². The van der Waals surface area contributed by atoms with Crippen molar-refractivity contribution in [3.05, 3.63) is 6.33 Å². The van der Waals surface area contributed by atoms with Gasteiger partial charge in [-0.3, -0.25) is 0 Å². The number of aliphatic hydroxyl groups is 3. The van der Waals surface area contributed by atoms with Gasteiger partial charge in [-0.1, -0.05) is 11.8 Å². The van der Waals surface area contributed by atoms with E-state index in [1.54, 1.807) is 10.9 Å². The van der Waals surface area contributed by atoms with Gasteiger partial charge < -0.3 is 25.6 Å². The second-order valence-electron chi connectivity index (χ2n) is 5.97. The van der Waals surface area contributed by atoms with Crippen molar-refractivity contribution in [3.63, 3.8) is 0 Å². The van der Waals surface area contributed by atoms with E-state index in [4.69, 9.17) is 5.73 Å². The Morgan fingerprint density at radius 2 is 2.23 bits per heavy atom. The van der Waals surface area contributed by atoms with Crippen LogP contribution in [-0.2, 0) is 5.54 Å². The van der Waals surface area contributed by atoms with Crippen LogP contribution in [0.5, 0.6) is 0 Å². The highest BCUT2D eigenvalue weighted by Crippen LogP contribution is 2.64. The third kappa shape index (κ3) is 1.56. The Balaban J connectivity index is 1.88. The van der Waals surface area contributed by atoms with E-state index in [9.17, 15) is 15.3 Å². The van der Waals surface area contributed by atoms with Crippen LogP contribution in [0.15, 0.2) is 11.5 Å². The molecule has 0 aromatic carbocycles. The van der Waals surface area contributed by atoms with Gasteiger partial charge in [0.1, 0.15) is 11.6 Å². The molecule has 0 saturated heterocycles. The molecule has 9 heteroatoms. The van der Waals surface area contributed by atoms with E-state index in [1.165, 1.54) is 11.8 Å². The van der Waals surface area contributed by atoms with Gasteiger partial charge in [0.2, 0.25) is 0 Å². The summed E-state index contributed by atoms with van der Waals surface area (Å²) in [6, 6.07) is 0. The van der Waals surface area contributed by atoms with Gasteiger partial charge in [0.05, 0.1) is 18.0 Å². The molecule has 5 atom stereocenters. The number of thioether (sulfide) groups is 1. The first-order chi connectivity index (χ1) is 10.5. The number of nitrogen functional groups attached to an aromatic ring is 1. The topological polar surface area (TPSA) is 130 Å². The molecule has 2 saturated carbocycles. The molecule has 5 N–H and O–H groups in total. The van der Waals surface area contributed by atoms with Gasteiger partial charge in [-0.05, 0) is 18.6 Å². The van der Waals surface area contributed by atoms with Crippen LogP contribution in [0.25, 0.3) is 11.2 Å². The lowest BCUT2D eigenvalue weighted by Crippen LogP contribution is -2.38. The molecular formula is C13H17N5O3S. The molecular weight excluding hydrogens is 306 g/mol. The van der Waals surface area contributed by atoms with Gasteiger partial charge in [0, 0.05) is 12.5 Å². The molecule has 0 radical (unpaired) electrons. The van der Waals surface area contributed by atoms with Crippen molar-refractivity contribution in [3.8, 4) is 0 Å². The van der Waals surface area contributed by atoms with Crippen molar-refractivity contribution in [2.75, 3.05) is 18.6 Å². The number of nitrogens with two attached hydrogens (primary N) is 1. The molecule has 0 bridgehead atoms. The lowest BCUT2D eigenvalue weighted by molar-refractivity contribution is -0.0272. The monoisotopic (exact) mass is 323 g/mol. The van der Waals surface area contributed by atoms with Crippen LogP contribution in [0.3, 0.4) is 0 Å². The molecule has 8 nitrogen and oxygen atoms in total. The maximum Gasteiger partial charge on any atom is 0.191 e. The third-order valence-electron chi connectivity index (χ3n) is 5.06. The minimum atomic E-state index is -0.957. The SMILES string of the molecule is CSc1nc(N)c2ncn(C34CC3C(CO)C(O)C4O)c2n1. The maximum atomic E-state index is 10.5. The minimum Gasteiger partial charge on any atom is -0.396 e. The van der Waals surface area contributed by atoms with E-state index in [1.807, 2.05) is 6.26 Å². The number of aliphatic hydroxyl groups excluding tert-OH is 3. The molecule has 2 heterocycles. The largest absolute Gasteiger partial charge is 0.396 e. The summed E-state index contributed by atoms with van der Waals surface area (Å²) in [6.45, 7) is -0.148. The first-order valence-electron chi connectivity index (χ1n) is 7.06. The molecule has 118 valence electrons. The summed E-state index contributed by atoms with van der Waals surface area (Å²) < 4.78 is 1.80. The molecule has 2 aromatic rings. The van der Waals surface area contributed by atoms with E-state index in [-0.39, 0.29) is 18.4 Å². The molecule has 4 rings (SSSR count).